The van der Waals surface area contributed by atoms with Crippen molar-refractivity contribution in [1.29, 1.82) is 0 Å². The zero-order chi connectivity index (χ0) is 18.1. The standard InChI is InChI=1S/C20H27NO3S/c1-3-4-5-6-7-17-10-14-20(15-11-17)25(22,23)21-16-18-8-12-19(24-2)13-9-18/h8-15,21H,3-7,16H2,1-2H3. The lowest BCUT2D eigenvalue weighted by atomic mass is 10.1. The Hall–Kier alpha value is -1.85. The first kappa shape index (κ1) is 19.5. The maximum absolute atomic E-state index is 12.4. The van der Waals surface area contributed by atoms with Gasteiger partial charge >= 0.3 is 0 Å². The Kier molecular flexibility index (Phi) is 7.47. The summed E-state index contributed by atoms with van der Waals surface area (Å²) >= 11 is 0. The van der Waals surface area contributed by atoms with Crippen LogP contribution in [0.5, 0.6) is 5.75 Å². The Balaban J connectivity index is 1.91. The van der Waals surface area contributed by atoms with E-state index < -0.39 is 10.0 Å². The van der Waals surface area contributed by atoms with E-state index in [0.29, 0.717) is 4.90 Å². The first-order valence-electron chi connectivity index (χ1n) is 8.76. The SMILES string of the molecule is CCCCCCc1ccc(S(=O)(=O)NCc2ccc(OC)cc2)cc1. The predicted molar refractivity (Wildman–Crippen MR) is 101 cm³/mol. The summed E-state index contributed by atoms with van der Waals surface area (Å²) < 4.78 is 32.5. The van der Waals surface area contributed by atoms with E-state index in [1.807, 2.05) is 36.4 Å². The van der Waals surface area contributed by atoms with Crippen LogP contribution < -0.4 is 9.46 Å². The van der Waals surface area contributed by atoms with Gasteiger partial charge in [0.15, 0.2) is 0 Å². The van der Waals surface area contributed by atoms with Gasteiger partial charge in [-0.1, -0.05) is 50.5 Å². The topological polar surface area (TPSA) is 55.4 Å². The molecule has 1 N–H and O–H groups in total. The molecule has 0 unspecified atom stereocenters. The van der Waals surface area contributed by atoms with Gasteiger partial charge in [0.25, 0.3) is 0 Å². The lowest BCUT2D eigenvalue weighted by Crippen LogP contribution is -2.23. The average Bonchev–Trinajstić information content (AvgIpc) is 2.64. The summed E-state index contributed by atoms with van der Waals surface area (Å²) in [5, 5.41) is 0. The van der Waals surface area contributed by atoms with Gasteiger partial charge in [-0.15, -0.1) is 0 Å². The molecular formula is C20H27NO3S. The van der Waals surface area contributed by atoms with E-state index in [1.54, 1.807) is 19.2 Å². The number of unbranched alkanes of at least 4 members (excludes halogenated alkanes) is 3. The van der Waals surface area contributed by atoms with Crippen molar-refractivity contribution in [3.63, 3.8) is 0 Å². The van der Waals surface area contributed by atoms with Crippen molar-refractivity contribution in [3.05, 3.63) is 59.7 Å². The van der Waals surface area contributed by atoms with Crippen LogP contribution in [-0.2, 0) is 23.0 Å². The summed E-state index contributed by atoms with van der Waals surface area (Å²) in [6, 6.07) is 14.5. The zero-order valence-electron chi connectivity index (χ0n) is 15.0. The molecule has 0 spiro atoms. The van der Waals surface area contributed by atoms with Crippen LogP contribution in [-0.4, -0.2) is 15.5 Å². The summed E-state index contributed by atoms with van der Waals surface area (Å²) in [7, 11) is -1.90. The Morgan fingerprint density at radius 3 is 2.12 bits per heavy atom. The normalized spacial score (nSPS) is 11.4. The number of hydrogen-bond acceptors (Lipinski definition) is 3. The highest BCUT2D eigenvalue weighted by molar-refractivity contribution is 7.89. The van der Waals surface area contributed by atoms with Gasteiger partial charge in [0.05, 0.1) is 12.0 Å². The highest BCUT2D eigenvalue weighted by atomic mass is 32.2. The van der Waals surface area contributed by atoms with Gasteiger partial charge in [-0.2, -0.15) is 0 Å². The highest BCUT2D eigenvalue weighted by Gasteiger charge is 2.13. The molecule has 0 atom stereocenters. The van der Waals surface area contributed by atoms with E-state index in [-0.39, 0.29) is 6.54 Å². The fourth-order valence-corrected chi connectivity index (χ4v) is 3.61. The first-order valence-corrected chi connectivity index (χ1v) is 10.2. The lowest BCUT2D eigenvalue weighted by molar-refractivity contribution is 0.414. The van der Waals surface area contributed by atoms with Crippen LogP contribution >= 0.6 is 0 Å². The summed E-state index contributed by atoms with van der Waals surface area (Å²) in [4.78, 5) is 0.304. The lowest BCUT2D eigenvalue weighted by Gasteiger charge is -2.08. The molecule has 0 aliphatic carbocycles. The molecule has 0 saturated heterocycles. The van der Waals surface area contributed by atoms with E-state index >= 15 is 0 Å². The van der Waals surface area contributed by atoms with Crippen molar-refractivity contribution in [1.82, 2.24) is 4.72 Å². The van der Waals surface area contributed by atoms with Crippen molar-refractivity contribution in [2.75, 3.05) is 7.11 Å². The second kappa shape index (κ2) is 9.59. The third-order valence-electron chi connectivity index (χ3n) is 4.18. The van der Waals surface area contributed by atoms with Gasteiger partial charge in [-0.25, -0.2) is 13.1 Å². The number of benzene rings is 2. The van der Waals surface area contributed by atoms with Crippen LogP contribution in [0.3, 0.4) is 0 Å². The second-order valence-electron chi connectivity index (χ2n) is 6.13. The largest absolute Gasteiger partial charge is 0.497 e. The summed E-state index contributed by atoms with van der Waals surface area (Å²) in [6.45, 7) is 2.45. The molecule has 2 aromatic rings. The monoisotopic (exact) mass is 361 g/mol. The van der Waals surface area contributed by atoms with Crippen LogP contribution in [0.15, 0.2) is 53.4 Å². The number of aryl methyl sites for hydroxylation is 1. The Morgan fingerprint density at radius 1 is 0.880 bits per heavy atom. The average molecular weight is 362 g/mol. The molecule has 2 aromatic carbocycles. The maximum atomic E-state index is 12.4. The van der Waals surface area contributed by atoms with Gasteiger partial charge in [0, 0.05) is 6.54 Å². The molecule has 0 heterocycles. The molecule has 0 fully saturated rings. The molecule has 4 nitrogen and oxygen atoms in total. The molecule has 25 heavy (non-hydrogen) atoms. The fraction of sp³-hybridized carbons (Fsp3) is 0.400. The number of methoxy groups -OCH3 is 1. The predicted octanol–water partition coefficient (Wildman–Crippen LogP) is 4.30. The molecule has 0 bridgehead atoms. The molecule has 136 valence electrons. The van der Waals surface area contributed by atoms with Gasteiger partial charge in [-0.3, -0.25) is 0 Å². The molecule has 0 radical (unpaired) electrons. The Bertz CT molecular complexity index is 738. The smallest absolute Gasteiger partial charge is 0.240 e. The molecular weight excluding hydrogens is 334 g/mol. The van der Waals surface area contributed by atoms with Crippen LogP contribution in [0, 0.1) is 0 Å². The maximum Gasteiger partial charge on any atom is 0.240 e. The number of rotatable bonds is 10. The van der Waals surface area contributed by atoms with E-state index in [0.717, 1.165) is 24.2 Å². The first-order chi connectivity index (χ1) is 12.0. The molecule has 0 aliphatic heterocycles. The molecule has 0 amide bonds. The molecule has 0 aromatic heterocycles. The minimum atomic E-state index is -3.50. The van der Waals surface area contributed by atoms with Crippen molar-refractivity contribution in [3.8, 4) is 5.75 Å². The van der Waals surface area contributed by atoms with Crippen molar-refractivity contribution in [2.45, 2.75) is 50.5 Å². The van der Waals surface area contributed by atoms with Crippen LogP contribution in [0.1, 0.15) is 43.7 Å². The van der Waals surface area contributed by atoms with E-state index in [9.17, 15) is 8.42 Å². The molecule has 0 aliphatic rings. The highest BCUT2D eigenvalue weighted by Crippen LogP contribution is 2.15. The quantitative estimate of drug-likeness (QED) is 0.642. The van der Waals surface area contributed by atoms with Crippen LogP contribution in [0.4, 0.5) is 0 Å². The number of hydrogen-bond donors (Lipinski definition) is 1. The molecule has 2 rings (SSSR count). The van der Waals surface area contributed by atoms with Gasteiger partial charge in [0.1, 0.15) is 5.75 Å². The number of nitrogens with one attached hydrogen (secondary N) is 1. The van der Waals surface area contributed by atoms with E-state index in [1.165, 1.54) is 24.8 Å². The van der Waals surface area contributed by atoms with Gasteiger partial charge < -0.3 is 4.74 Å². The third-order valence-corrected chi connectivity index (χ3v) is 5.60. The molecule has 0 saturated carbocycles. The molecule has 5 heteroatoms. The Labute approximate surface area is 151 Å². The van der Waals surface area contributed by atoms with Crippen molar-refractivity contribution < 1.29 is 13.2 Å². The van der Waals surface area contributed by atoms with Crippen LogP contribution in [0.25, 0.3) is 0 Å². The summed E-state index contributed by atoms with van der Waals surface area (Å²) in [5.74, 6) is 0.751. The van der Waals surface area contributed by atoms with Crippen molar-refractivity contribution in [2.24, 2.45) is 0 Å². The minimum absolute atomic E-state index is 0.255. The van der Waals surface area contributed by atoms with E-state index in [4.69, 9.17) is 4.74 Å². The second-order valence-corrected chi connectivity index (χ2v) is 7.89. The Morgan fingerprint density at radius 2 is 1.52 bits per heavy atom. The van der Waals surface area contributed by atoms with Crippen molar-refractivity contribution >= 4 is 10.0 Å². The van der Waals surface area contributed by atoms with Gasteiger partial charge in [0.2, 0.25) is 10.0 Å². The third kappa shape index (κ3) is 6.18. The zero-order valence-corrected chi connectivity index (χ0v) is 15.8. The fourth-order valence-electron chi connectivity index (χ4n) is 2.60. The van der Waals surface area contributed by atoms with Crippen LogP contribution in [0.2, 0.25) is 0 Å². The minimum Gasteiger partial charge on any atom is -0.497 e. The van der Waals surface area contributed by atoms with Gasteiger partial charge in [-0.05, 0) is 48.2 Å². The number of sulfonamides is 1. The summed E-state index contributed by atoms with van der Waals surface area (Å²) in [5.41, 5.74) is 2.07. The van der Waals surface area contributed by atoms with E-state index in [2.05, 4.69) is 11.6 Å². The summed E-state index contributed by atoms with van der Waals surface area (Å²) in [6.07, 6.45) is 5.84. The number of ether oxygens (including phenoxy) is 1.